The highest BCUT2D eigenvalue weighted by Crippen LogP contribution is 2.48. The van der Waals surface area contributed by atoms with Gasteiger partial charge in [-0.2, -0.15) is 0 Å². The summed E-state index contributed by atoms with van der Waals surface area (Å²) < 4.78 is 2.33. The first kappa shape index (κ1) is 18.5. The van der Waals surface area contributed by atoms with E-state index in [4.69, 9.17) is 4.99 Å². The van der Waals surface area contributed by atoms with Crippen LogP contribution in [0.4, 0.5) is 0 Å². The van der Waals surface area contributed by atoms with Crippen LogP contribution in [0.25, 0.3) is 5.69 Å². The number of amidine groups is 1. The average molecular weight is 403 g/mol. The molecule has 5 heteroatoms. The van der Waals surface area contributed by atoms with E-state index in [1.807, 2.05) is 24.0 Å². The number of hydrogen-bond acceptors (Lipinski definition) is 4. The Balaban J connectivity index is 1.63. The van der Waals surface area contributed by atoms with Crippen molar-refractivity contribution >= 4 is 16.9 Å². The molecular weight excluding hydrogens is 376 g/mol. The third kappa shape index (κ3) is 3.08. The highest BCUT2D eigenvalue weighted by Gasteiger charge is 2.46. The van der Waals surface area contributed by atoms with Gasteiger partial charge in [0.1, 0.15) is 12.1 Å². The minimum absolute atomic E-state index is 0.0215. The number of pyridine rings is 1. The summed E-state index contributed by atoms with van der Waals surface area (Å²) >= 11 is 1.89. The number of thioether (sulfide) groups is 1. The molecule has 0 N–H and O–H groups in total. The van der Waals surface area contributed by atoms with E-state index >= 15 is 0 Å². The highest BCUT2D eigenvalue weighted by molar-refractivity contribution is 8.14. The average Bonchev–Trinajstić information content (AvgIpc) is 3.45. The molecule has 0 spiro atoms. The van der Waals surface area contributed by atoms with Crippen LogP contribution in [-0.2, 0) is 0 Å². The quantitative estimate of drug-likeness (QED) is 0.580. The second-order valence-corrected chi connectivity index (χ2v) is 8.90. The van der Waals surface area contributed by atoms with Crippen LogP contribution in [0.2, 0.25) is 0 Å². The topological polar surface area (TPSA) is 33.4 Å². The van der Waals surface area contributed by atoms with Crippen LogP contribution in [0.1, 0.15) is 47.9 Å². The van der Waals surface area contributed by atoms with Crippen molar-refractivity contribution in [3.8, 4) is 5.69 Å². The first-order chi connectivity index (χ1) is 14.2. The van der Waals surface area contributed by atoms with Crippen LogP contribution in [0.15, 0.2) is 65.9 Å². The van der Waals surface area contributed by atoms with Crippen molar-refractivity contribution in [1.82, 2.24) is 14.5 Å². The van der Waals surface area contributed by atoms with Gasteiger partial charge in [-0.15, -0.1) is 0 Å². The van der Waals surface area contributed by atoms with Gasteiger partial charge >= 0.3 is 0 Å². The van der Waals surface area contributed by atoms with Gasteiger partial charge in [0, 0.05) is 35.6 Å². The summed E-state index contributed by atoms with van der Waals surface area (Å²) in [7, 11) is 0. The molecule has 2 aliphatic rings. The Hall–Kier alpha value is -2.53. The number of rotatable bonds is 4. The summed E-state index contributed by atoms with van der Waals surface area (Å²) in [5, 5.41) is 1.17. The van der Waals surface area contributed by atoms with Gasteiger partial charge in [0.15, 0.2) is 5.17 Å². The zero-order chi connectivity index (χ0) is 20.0. The minimum atomic E-state index is 0.0215. The SMILES string of the molecule is CC[C@@H]1CSC2=N[C@@H](c3ccccn3)[C@@H](c3cccn3-c3ccc(C)c(C)c3)N21. The lowest BCUT2D eigenvalue weighted by atomic mass is 9.99. The van der Waals surface area contributed by atoms with Gasteiger partial charge in [-0.3, -0.25) is 9.98 Å². The van der Waals surface area contributed by atoms with Crippen LogP contribution in [-0.4, -0.2) is 31.4 Å². The first-order valence-electron chi connectivity index (χ1n) is 10.3. The number of fused-ring (bicyclic) bond motifs is 1. The molecule has 0 amide bonds. The third-order valence-corrected chi connectivity index (χ3v) is 7.31. The Kier molecular flexibility index (Phi) is 4.70. The Morgan fingerprint density at radius 3 is 2.72 bits per heavy atom. The number of hydrogen-bond donors (Lipinski definition) is 0. The van der Waals surface area contributed by atoms with E-state index in [2.05, 4.69) is 83.9 Å². The fourth-order valence-electron chi connectivity index (χ4n) is 4.42. The molecule has 0 saturated carbocycles. The monoisotopic (exact) mass is 402 g/mol. The van der Waals surface area contributed by atoms with Crippen LogP contribution in [0, 0.1) is 13.8 Å². The van der Waals surface area contributed by atoms with E-state index in [9.17, 15) is 0 Å². The molecular formula is C24H26N4S. The van der Waals surface area contributed by atoms with Crippen molar-refractivity contribution in [3.05, 3.63) is 83.4 Å². The number of aliphatic imine (C=N–C) groups is 1. The minimum Gasteiger partial charge on any atom is -0.337 e. The molecule has 29 heavy (non-hydrogen) atoms. The van der Waals surface area contributed by atoms with Crippen LogP contribution in [0.3, 0.4) is 0 Å². The summed E-state index contributed by atoms with van der Waals surface area (Å²) in [6.45, 7) is 6.62. The van der Waals surface area contributed by atoms with Crippen LogP contribution >= 0.6 is 11.8 Å². The lowest BCUT2D eigenvalue weighted by Crippen LogP contribution is -2.36. The summed E-state index contributed by atoms with van der Waals surface area (Å²) in [6, 6.07) is 18.0. The number of benzene rings is 1. The zero-order valence-electron chi connectivity index (χ0n) is 17.1. The Labute approximate surface area is 176 Å². The summed E-state index contributed by atoms with van der Waals surface area (Å²) in [4.78, 5) is 12.4. The molecule has 0 aliphatic carbocycles. The van der Waals surface area contributed by atoms with E-state index in [0.717, 1.165) is 17.9 Å². The van der Waals surface area contributed by atoms with Gasteiger partial charge in [0.25, 0.3) is 0 Å². The van der Waals surface area contributed by atoms with Gasteiger partial charge < -0.3 is 9.47 Å². The van der Waals surface area contributed by atoms with E-state index < -0.39 is 0 Å². The molecule has 4 heterocycles. The second kappa shape index (κ2) is 7.38. The number of nitrogens with zero attached hydrogens (tertiary/aromatic N) is 4. The van der Waals surface area contributed by atoms with Gasteiger partial charge in [-0.25, -0.2) is 0 Å². The lowest BCUT2D eigenvalue weighted by Gasteiger charge is -2.32. The second-order valence-electron chi connectivity index (χ2n) is 7.91. The predicted molar refractivity (Wildman–Crippen MR) is 121 cm³/mol. The Morgan fingerprint density at radius 2 is 1.97 bits per heavy atom. The maximum atomic E-state index is 5.15. The van der Waals surface area contributed by atoms with Gasteiger partial charge in [-0.05, 0) is 67.8 Å². The Bertz CT molecular complexity index is 1060. The van der Waals surface area contributed by atoms with Gasteiger partial charge in [-0.1, -0.05) is 30.8 Å². The van der Waals surface area contributed by atoms with Gasteiger partial charge in [0.05, 0.1) is 5.69 Å². The molecule has 2 aliphatic heterocycles. The van der Waals surface area contributed by atoms with Crippen molar-refractivity contribution < 1.29 is 0 Å². The smallest absolute Gasteiger partial charge is 0.160 e. The molecule has 1 aromatic carbocycles. The first-order valence-corrected chi connectivity index (χ1v) is 11.3. The van der Waals surface area contributed by atoms with Crippen molar-refractivity contribution in [2.75, 3.05) is 5.75 Å². The van der Waals surface area contributed by atoms with E-state index in [-0.39, 0.29) is 12.1 Å². The molecule has 0 bridgehead atoms. The van der Waals surface area contributed by atoms with E-state index in [1.165, 1.54) is 27.7 Å². The molecule has 1 fully saturated rings. The van der Waals surface area contributed by atoms with Gasteiger partial charge in [0.2, 0.25) is 0 Å². The fourth-order valence-corrected chi connectivity index (χ4v) is 5.75. The molecule has 148 valence electrons. The normalized spacial score (nSPS) is 23.3. The third-order valence-electron chi connectivity index (χ3n) is 6.18. The molecule has 0 unspecified atom stereocenters. The van der Waals surface area contributed by atoms with Crippen molar-refractivity contribution in [2.45, 2.75) is 45.3 Å². The molecule has 5 rings (SSSR count). The fraction of sp³-hybridized carbons (Fsp3) is 0.333. The van der Waals surface area contributed by atoms with E-state index in [1.54, 1.807) is 0 Å². The van der Waals surface area contributed by atoms with Crippen LogP contribution < -0.4 is 0 Å². The number of aromatic nitrogens is 2. The predicted octanol–water partition coefficient (Wildman–Crippen LogP) is 5.47. The zero-order valence-corrected chi connectivity index (χ0v) is 17.9. The molecule has 1 saturated heterocycles. The highest BCUT2D eigenvalue weighted by atomic mass is 32.2. The molecule has 0 radical (unpaired) electrons. The molecule has 2 aromatic heterocycles. The lowest BCUT2D eigenvalue weighted by molar-refractivity contribution is 0.249. The van der Waals surface area contributed by atoms with Crippen molar-refractivity contribution in [2.24, 2.45) is 4.99 Å². The maximum Gasteiger partial charge on any atom is 0.160 e. The molecule has 3 aromatic rings. The number of aryl methyl sites for hydroxylation is 2. The van der Waals surface area contributed by atoms with E-state index in [0.29, 0.717) is 6.04 Å². The summed E-state index contributed by atoms with van der Waals surface area (Å²) in [6.07, 6.45) is 5.18. The summed E-state index contributed by atoms with van der Waals surface area (Å²) in [5.41, 5.74) is 6.17. The van der Waals surface area contributed by atoms with Crippen molar-refractivity contribution in [3.63, 3.8) is 0 Å². The molecule has 4 nitrogen and oxygen atoms in total. The Morgan fingerprint density at radius 1 is 1.07 bits per heavy atom. The maximum absolute atomic E-state index is 5.15. The van der Waals surface area contributed by atoms with Crippen molar-refractivity contribution in [1.29, 1.82) is 0 Å². The molecule has 3 atom stereocenters. The summed E-state index contributed by atoms with van der Waals surface area (Å²) in [5.74, 6) is 1.12. The largest absolute Gasteiger partial charge is 0.337 e. The van der Waals surface area contributed by atoms with Crippen LogP contribution in [0.5, 0.6) is 0 Å². The standard InChI is InChI=1S/C24H26N4S/c1-4-18-15-29-24-26-22(20-8-5-6-12-25-20)23(28(18)24)21-9-7-13-27(21)19-11-10-16(2)17(3)14-19/h5-14,18,22-23H,4,15H2,1-3H3/t18-,22+,23-/m1/s1.